The molecule has 0 aliphatic carbocycles. The number of nitrogens with zero attached hydrogens (tertiary/aromatic N) is 1. The lowest BCUT2D eigenvalue weighted by molar-refractivity contribution is 0.252. The van der Waals surface area contributed by atoms with Gasteiger partial charge in [-0.15, -0.1) is 0 Å². The summed E-state index contributed by atoms with van der Waals surface area (Å²) in [4.78, 5) is 2.55. The van der Waals surface area contributed by atoms with Crippen molar-refractivity contribution in [2.24, 2.45) is 0 Å². The van der Waals surface area contributed by atoms with Crippen LogP contribution in [0.2, 0.25) is 0 Å². The van der Waals surface area contributed by atoms with Gasteiger partial charge in [0.25, 0.3) is 0 Å². The van der Waals surface area contributed by atoms with E-state index in [-0.39, 0.29) is 11.9 Å². The molecule has 0 bridgehead atoms. The van der Waals surface area contributed by atoms with Gasteiger partial charge in [0.1, 0.15) is 5.82 Å². The Labute approximate surface area is 116 Å². The van der Waals surface area contributed by atoms with E-state index in [1.54, 1.807) is 12.1 Å². The average molecular weight is 264 g/mol. The molecule has 2 nitrogen and oxygen atoms in total. The maximum Gasteiger partial charge on any atom is 0.123 e. The van der Waals surface area contributed by atoms with Crippen LogP contribution in [0.5, 0.6) is 0 Å². The van der Waals surface area contributed by atoms with E-state index in [4.69, 9.17) is 0 Å². The molecule has 0 saturated carbocycles. The number of hydrogen-bond donors (Lipinski definition) is 1. The highest BCUT2D eigenvalue weighted by Gasteiger charge is 2.21. The fourth-order valence-corrected chi connectivity index (χ4v) is 2.98. The minimum atomic E-state index is -0.144. The van der Waals surface area contributed by atoms with Crippen molar-refractivity contribution in [1.29, 1.82) is 0 Å². The number of benzene rings is 1. The predicted molar refractivity (Wildman–Crippen MR) is 77.7 cm³/mol. The summed E-state index contributed by atoms with van der Waals surface area (Å²) in [5.74, 6) is -0.144. The zero-order valence-electron chi connectivity index (χ0n) is 12.0. The Bertz CT molecular complexity index is 394. The number of hydrogen-bond acceptors (Lipinski definition) is 2. The van der Waals surface area contributed by atoms with E-state index in [1.807, 2.05) is 6.07 Å². The van der Waals surface area contributed by atoms with Crippen molar-refractivity contribution in [3.63, 3.8) is 0 Å². The van der Waals surface area contributed by atoms with Gasteiger partial charge in [0, 0.05) is 18.6 Å². The van der Waals surface area contributed by atoms with Crippen LogP contribution in [0.1, 0.15) is 44.7 Å². The fourth-order valence-electron chi connectivity index (χ4n) is 2.98. The molecule has 106 valence electrons. The van der Waals surface area contributed by atoms with Gasteiger partial charge in [-0.05, 0) is 57.0 Å². The van der Waals surface area contributed by atoms with E-state index in [9.17, 15) is 4.39 Å². The lowest BCUT2D eigenvalue weighted by Crippen LogP contribution is -2.31. The molecular formula is C16H25FN2. The van der Waals surface area contributed by atoms with Crippen LogP contribution in [-0.2, 0) is 0 Å². The molecule has 1 fully saturated rings. The third kappa shape index (κ3) is 4.02. The van der Waals surface area contributed by atoms with Gasteiger partial charge in [0.15, 0.2) is 0 Å². The minimum absolute atomic E-state index is 0.144. The highest BCUT2D eigenvalue weighted by Crippen LogP contribution is 2.22. The zero-order valence-corrected chi connectivity index (χ0v) is 12.0. The molecule has 1 aliphatic heterocycles. The fraction of sp³-hybridized carbons (Fsp3) is 0.625. The van der Waals surface area contributed by atoms with Gasteiger partial charge in [-0.2, -0.15) is 0 Å². The number of likely N-dealkylation sites (tertiary alicyclic amines) is 1. The standard InChI is InChI=1S/C16H25FN2/c1-3-18-16(14-7-4-8-15(17)12-14)9-11-19-10-5-6-13(19)2/h4,7-8,12-13,16,18H,3,5-6,9-11H2,1-2H3. The van der Waals surface area contributed by atoms with Gasteiger partial charge in [-0.25, -0.2) is 4.39 Å². The van der Waals surface area contributed by atoms with E-state index in [0.29, 0.717) is 6.04 Å². The van der Waals surface area contributed by atoms with Crippen LogP contribution >= 0.6 is 0 Å². The third-order valence-corrected chi connectivity index (χ3v) is 4.10. The van der Waals surface area contributed by atoms with Crippen LogP contribution < -0.4 is 5.32 Å². The van der Waals surface area contributed by atoms with Gasteiger partial charge in [-0.3, -0.25) is 0 Å². The van der Waals surface area contributed by atoms with Crippen molar-refractivity contribution in [2.45, 2.75) is 45.2 Å². The van der Waals surface area contributed by atoms with Gasteiger partial charge in [0.05, 0.1) is 0 Å². The maximum atomic E-state index is 13.3. The molecule has 1 aliphatic rings. The van der Waals surface area contributed by atoms with Crippen LogP contribution in [0, 0.1) is 5.82 Å². The topological polar surface area (TPSA) is 15.3 Å². The summed E-state index contributed by atoms with van der Waals surface area (Å²) in [7, 11) is 0. The van der Waals surface area contributed by atoms with Crippen LogP contribution in [0.15, 0.2) is 24.3 Å². The molecule has 0 spiro atoms. The Balaban J connectivity index is 1.96. The molecule has 0 amide bonds. The molecule has 1 aromatic rings. The molecule has 19 heavy (non-hydrogen) atoms. The second-order valence-electron chi connectivity index (χ2n) is 5.48. The molecule has 3 heteroatoms. The monoisotopic (exact) mass is 264 g/mol. The molecule has 2 unspecified atom stereocenters. The summed E-state index contributed by atoms with van der Waals surface area (Å²) >= 11 is 0. The predicted octanol–water partition coefficient (Wildman–Crippen LogP) is 3.35. The normalized spacial score (nSPS) is 21.7. The van der Waals surface area contributed by atoms with Gasteiger partial charge in [0.2, 0.25) is 0 Å². The molecule has 0 radical (unpaired) electrons. The third-order valence-electron chi connectivity index (χ3n) is 4.10. The summed E-state index contributed by atoms with van der Waals surface area (Å²) in [5.41, 5.74) is 1.06. The summed E-state index contributed by atoms with van der Waals surface area (Å²) in [6, 6.07) is 7.94. The Morgan fingerprint density at radius 1 is 1.47 bits per heavy atom. The highest BCUT2D eigenvalue weighted by atomic mass is 19.1. The first-order valence-corrected chi connectivity index (χ1v) is 7.43. The first-order valence-electron chi connectivity index (χ1n) is 7.43. The van der Waals surface area contributed by atoms with Crippen LogP contribution in [0.4, 0.5) is 4.39 Å². The van der Waals surface area contributed by atoms with E-state index in [0.717, 1.165) is 25.1 Å². The van der Waals surface area contributed by atoms with Crippen molar-refractivity contribution in [2.75, 3.05) is 19.6 Å². The SMILES string of the molecule is CCNC(CCN1CCCC1C)c1cccc(F)c1. The van der Waals surface area contributed by atoms with Crippen LogP contribution in [-0.4, -0.2) is 30.6 Å². The molecular weight excluding hydrogens is 239 g/mol. The van der Waals surface area contributed by atoms with E-state index in [1.165, 1.54) is 25.5 Å². The van der Waals surface area contributed by atoms with Crippen molar-refractivity contribution < 1.29 is 4.39 Å². The Morgan fingerprint density at radius 3 is 2.95 bits per heavy atom. The van der Waals surface area contributed by atoms with Gasteiger partial charge >= 0.3 is 0 Å². The van der Waals surface area contributed by atoms with E-state index >= 15 is 0 Å². The number of nitrogens with one attached hydrogen (secondary N) is 1. The Morgan fingerprint density at radius 2 is 2.32 bits per heavy atom. The lowest BCUT2D eigenvalue weighted by Gasteiger charge is -2.25. The number of halogens is 1. The Hall–Kier alpha value is -0.930. The molecule has 2 rings (SSSR count). The van der Waals surface area contributed by atoms with Crippen molar-refractivity contribution in [1.82, 2.24) is 10.2 Å². The second-order valence-corrected chi connectivity index (χ2v) is 5.48. The molecule has 1 heterocycles. The lowest BCUT2D eigenvalue weighted by atomic mass is 10.0. The quantitative estimate of drug-likeness (QED) is 0.847. The van der Waals surface area contributed by atoms with Crippen molar-refractivity contribution in [3.05, 3.63) is 35.6 Å². The van der Waals surface area contributed by atoms with E-state index in [2.05, 4.69) is 24.1 Å². The Kier molecular flexibility index (Phi) is 5.34. The van der Waals surface area contributed by atoms with Crippen LogP contribution in [0.3, 0.4) is 0 Å². The zero-order chi connectivity index (χ0) is 13.7. The molecule has 2 atom stereocenters. The summed E-state index contributed by atoms with van der Waals surface area (Å²) in [6.45, 7) is 7.62. The molecule has 1 N–H and O–H groups in total. The van der Waals surface area contributed by atoms with E-state index < -0.39 is 0 Å². The van der Waals surface area contributed by atoms with Crippen molar-refractivity contribution >= 4 is 0 Å². The molecule has 0 aromatic heterocycles. The molecule has 1 aromatic carbocycles. The maximum absolute atomic E-state index is 13.3. The molecule has 1 saturated heterocycles. The average Bonchev–Trinajstić information content (AvgIpc) is 2.80. The van der Waals surface area contributed by atoms with Crippen molar-refractivity contribution in [3.8, 4) is 0 Å². The number of rotatable bonds is 6. The largest absolute Gasteiger partial charge is 0.310 e. The van der Waals surface area contributed by atoms with Gasteiger partial charge in [-0.1, -0.05) is 19.1 Å². The summed E-state index contributed by atoms with van der Waals surface area (Å²) in [5, 5.41) is 3.47. The second kappa shape index (κ2) is 7.01. The smallest absolute Gasteiger partial charge is 0.123 e. The van der Waals surface area contributed by atoms with Gasteiger partial charge < -0.3 is 10.2 Å². The highest BCUT2D eigenvalue weighted by molar-refractivity contribution is 5.20. The minimum Gasteiger partial charge on any atom is -0.310 e. The van der Waals surface area contributed by atoms with Crippen LogP contribution in [0.25, 0.3) is 0 Å². The first kappa shape index (κ1) is 14.5. The first-order chi connectivity index (χ1) is 9.20. The summed E-state index contributed by atoms with van der Waals surface area (Å²) in [6.07, 6.45) is 3.67. The summed E-state index contributed by atoms with van der Waals surface area (Å²) < 4.78 is 13.3.